The molecule has 0 aliphatic carbocycles. The van der Waals surface area contributed by atoms with Crippen molar-refractivity contribution in [2.45, 2.75) is 6.54 Å². The van der Waals surface area contributed by atoms with Crippen LogP contribution in [0.1, 0.15) is 5.56 Å². The van der Waals surface area contributed by atoms with Crippen molar-refractivity contribution in [3.05, 3.63) is 51.1 Å². The number of amides is 2. The van der Waals surface area contributed by atoms with E-state index in [4.69, 9.17) is 4.42 Å². The monoisotopic (exact) mass is 372 g/mol. The van der Waals surface area contributed by atoms with Crippen molar-refractivity contribution in [3.63, 3.8) is 0 Å². The largest absolute Gasteiger partial charge is 0.434 e. The molecule has 2 amide bonds. The van der Waals surface area contributed by atoms with E-state index in [1.807, 2.05) is 24.3 Å². The molecule has 2 aromatic rings. The van der Waals surface area contributed by atoms with Gasteiger partial charge in [-0.25, -0.2) is 4.79 Å². The molecule has 2 N–H and O–H groups in total. The van der Waals surface area contributed by atoms with E-state index in [0.717, 1.165) is 10.0 Å². The summed E-state index contributed by atoms with van der Waals surface area (Å²) in [6, 6.07) is 10.8. The molecule has 4 nitrogen and oxygen atoms in total. The van der Waals surface area contributed by atoms with Gasteiger partial charge < -0.3 is 9.73 Å². The highest BCUT2D eigenvalue weighted by Gasteiger charge is 2.04. The van der Waals surface area contributed by atoms with Crippen LogP contribution in [0.5, 0.6) is 0 Å². The Morgan fingerprint density at radius 2 is 1.83 bits per heavy atom. The zero-order valence-corrected chi connectivity index (χ0v) is 12.4. The molecule has 0 spiro atoms. The van der Waals surface area contributed by atoms with Gasteiger partial charge in [-0.05, 0) is 39.7 Å². The van der Waals surface area contributed by atoms with Gasteiger partial charge in [0, 0.05) is 17.1 Å². The maximum Gasteiger partial charge on any atom is 0.321 e. The maximum atomic E-state index is 11.6. The third kappa shape index (κ3) is 3.89. The SMILES string of the molecule is O=C(NCc1ccc(Br)cc1)Nc1ccc(Br)o1. The fourth-order valence-corrected chi connectivity index (χ4v) is 1.89. The van der Waals surface area contributed by atoms with Gasteiger partial charge in [0.05, 0.1) is 0 Å². The van der Waals surface area contributed by atoms with E-state index in [1.54, 1.807) is 12.1 Å². The van der Waals surface area contributed by atoms with Crippen LogP contribution < -0.4 is 10.6 Å². The summed E-state index contributed by atoms with van der Waals surface area (Å²) in [6.45, 7) is 0.459. The number of halogens is 2. The van der Waals surface area contributed by atoms with Gasteiger partial charge in [0.1, 0.15) is 0 Å². The number of carbonyl (C=O) groups excluding carboxylic acids is 1. The Kier molecular flexibility index (Phi) is 4.43. The number of urea groups is 1. The van der Waals surface area contributed by atoms with Crippen molar-refractivity contribution >= 4 is 43.8 Å². The first kappa shape index (κ1) is 13.2. The second-order valence-electron chi connectivity index (χ2n) is 3.54. The zero-order valence-electron chi connectivity index (χ0n) is 9.24. The number of hydrogen-bond donors (Lipinski definition) is 2. The predicted molar refractivity (Wildman–Crippen MR) is 76.4 cm³/mol. The molecule has 0 saturated heterocycles. The fourth-order valence-electron chi connectivity index (χ4n) is 1.32. The Labute approximate surface area is 121 Å². The number of carbonyl (C=O) groups is 1. The van der Waals surface area contributed by atoms with Gasteiger partial charge in [-0.15, -0.1) is 0 Å². The van der Waals surface area contributed by atoms with Crippen LogP contribution in [0.2, 0.25) is 0 Å². The molecule has 94 valence electrons. The van der Waals surface area contributed by atoms with Crippen LogP contribution in [0.25, 0.3) is 0 Å². The molecule has 1 aromatic heterocycles. The van der Waals surface area contributed by atoms with Gasteiger partial charge in [-0.3, -0.25) is 5.32 Å². The second-order valence-corrected chi connectivity index (χ2v) is 5.24. The lowest BCUT2D eigenvalue weighted by Gasteiger charge is -2.05. The van der Waals surface area contributed by atoms with Crippen LogP contribution >= 0.6 is 31.9 Å². The Bertz CT molecular complexity index is 537. The van der Waals surface area contributed by atoms with E-state index in [2.05, 4.69) is 42.5 Å². The Morgan fingerprint density at radius 3 is 2.44 bits per heavy atom. The van der Waals surface area contributed by atoms with Crippen LogP contribution in [-0.2, 0) is 6.54 Å². The van der Waals surface area contributed by atoms with Gasteiger partial charge in [0.25, 0.3) is 0 Å². The third-order valence-corrected chi connectivity index (χ3v) is 3.13. The van der Waals surface area contributed by atoms with E-state index >= 15 is 0 Å². The summed E-state index contributed by atoms with van der Waals surface area (Å²) in [5.41, 5.74) is 1.02. The van der Waals surface area contributed by atoms with Crippen molar-refractivity contribution in [2.24, 2.45) is 0 Å². The van der Waals surface area contributed by atoms with Crippen LogP contribution in [0.4, 0.5) is 10.7 Å². The lowest BCUT2D eigenvalue weighted by molar-refractivity contribution is 0.251. The minimum absolute atomic E-state index is 0.306. The van der Waals surface area contributed by atoms with Gasteiger partial charge >= 0.3 is 6.03 Å². The summed E-state index contributed by atoms with van der Waals surface area (Å²) in [6.07, 6.45) is 0. The summed E-state index contributed by atoms with van der Waals surface area (Å²) in [4.78, 5) is 11.6. The number of furan rings is 1. The van der Waals surface area contributed by atoms with Crippen molar-refractivity contribution in [3.8, 4) is 0 Å². The molecule has 0 radical (unpaired) electrons. The van der Waals surface area contributed by atoms with Crippen molar-refractivity contribution < 1.29 is 9.21 Å². The van der Waals surface area contributed by atoms with Gasteiger partial charge in [0.2, 0.25) is 5.88 Å². The smallest absolute Gasteiger partial charge is 0.321 e. The summed E-state index contributed by atoms with van der Waals surface area (Å²) in [7, 11) is 0. The molecular weight excluding hydrogens is 364 g/mol. The van der Waals surface area contributed by atoms with Gasteiger partial charge in [-0.1, -0.05) is 28.1 Å². The molecule has 2 rings (SSSR count). The van der Waals surface area contributed by atoms with E-state index in [9.17, 15) is 4.79 Å². The molecule has 0 saturated carbocycles. The summed E-state index contributed by atoms with van der Waals surface area (Å²) >= 11 is 6.52. The van der Waals surface area contributed by atoms with E-state index < -0.39 is 0 Å². The van der Waals surface area contributed by atoms with E-state index in [0.29, 0.717) is 17.1 Å². The minimum Gasteiger partial charge on any atom is -0.434 e. The first-order valence-electron chi connectivity index (χ1n) is 5.18. The highest BCUT2D eigenvalue weighted by molar-refractivity contribution is 9.10. The Hall–Kier alpha value is -1.27. The number of hydrogen-bond acceptors (Lipinski definition) is 2. The zero-order chi connectivity index (χ0) is 13.0. The Morgan fingerprint density at radius 1 is 1.11 bits per heavy atom. The first-order chi connectivity index (χ1) is 8.63. The minimum atomic E-state index is -0.306. The average Bonchev–Trinajstić information content (AvgIpc) is 2.74. The van der Waals surface area contributed by atoms with E-state index in [1.165, 1.54) is 0 Å². The number of anilines is 1. The standard InChI is InChI=1S/C12H10Br2N2O2/c13-9-3-1-8(2-4-9)7-15-12(17)16-11-6-5-10(14)18-11/h1-6H,7H2,(H2,15,16,17). The number of benzene rings is 1. The fraction of sp³-hybridized carbons (Fsp3) is 0.0833. The van der Waals surface area contributed by atoms with Crippen molar-refractivity contribution in [1.82, 2.24) is 5.32 Å². The topological polar surface area (TPSA) is 54.3 Å². The quantitative estimate of drug-likeness (QED) is 0.849. The summed E-state index contributed by atoms with van der Waals surface area (Å²) in [5.74, 6) is 0.398. The molecule has 1 heterocycles. The Balaban J connectivity index is 1.83. The summed E-state index contributed by atoms with van der Waals surface area (Å²) in [5, 5.41) is 5.32. The average molecular weight is 374 g/mol. The highest BCUT2D eigenvalue weighted by atomic mass is 79.9. The normalized spacial score (nSPS) is 10.1. The lowest BCUT2D eigenvalue weighted by atomic mass is 10.2. The van der Waals surface area contributed by atoms with Crippen LogP contribution in [-0.4, -0.2) is 6.03 Å². The molecule has 1 aromatic carbocycles. The molecule has 0 bridgehead atoms. The molecular formula is C12H10Br2N2O2. The number of nitrogens with one attached hydrogen (secondary N) is 2. The van der Waals surface area contributed by atoms with Gasteiger partial charge in [-0.2, -0.15) is 0 Å². The molecule has 0 aliphatic rings. The maximum absolute atomic E-state index is 11.6. The van der Waals surface area contributed by atoms with E-state index in [-0.39, 0.29) is 6.03 Å². The van der Waals surface area contributed by atoms with Crippen LogP contribution in [0, 0.1) is 0 Å². The molecule has 0 unspecified atom stereocenters. The second kappa shape index (κ2) is 6.06. The first-order valence-corrected chi connectivity index (χ1v) is 6.77. The van der Waals surface area contributed by atoms with Crippen molar-refractivity contribution in [1.29, 1.82) is 0 Å². The highest BCUT2D eigenvalue weighted by Crippen LogP contribution is 2.18. The number of rotatable bonds is 3. The summed E-state index contributed by atoms with van der Waals surface area (Å²) < 4.78 is 6.75. The molecule has 0 aliphatic heterocycles. The molecule has 0 fully saturated rings. The molecule has 0 atom stereocenters. The molecule has 18 heavy (non-hydrogen) atoms. The van der Waals surface area contributed by atoms with Crippen molar-refractivity contribution in [2.75, 3.05) is 5.32 Å². The lowest BCUT2D eigenvalue weighted by Crippen LogP contribution is -2.27. The third-order valence-electron chi connectivity index (χ3n) is 2.18. The van der Waals surface area contributed by atoms with Gasteiger partial charge in [0.15, 0.2) is 4.67 Å². The van der Waals surface area contributed by atoms with Crippen LogP contribution in [0.15, 0.2) is 50.0 Å². The van der Waals surface area contributed by atoms with Crippen LogP contribution in [0.3, 0.4) is 0 Å². The molecule has 6 heteroatoms. The predicted octanol–water partition coefficient (Wildman–Crippen LogP) is 4.13.